The van der Waals surface area contributed by atoms with Crippen molar-refractivity contribution in [1.29, 1.82) is 0 Å². The lowest BCUT2D eigenvalue weighted by Gasteiger charge is -2.07. The molecule has 5 nitrogen and oxygen atoms in total. The highest BCUT2D eigenvalue weighted by molar-refractivity contribution is 7.89. The van der Waals surface area contributed by atoms with Gasteiger partial charge in [-0.3, -0.25) is 0 Å². The number of rotatable bonds is 11. The topological polar surface area (TPSA) is 67.4 Å². The van der Waals surface area contributed by atoms with Crippen molar-refractivity contribution < 1.29 is 13.2 Å². The van der Waals surface area contributed by atoms with E-state index in [2.05, 4.69) is 17.0 Å². The summed E-state index contributed by atoms with van der Waals surface area (Å²) in [5, 5.41) is 3.06. The Kier molecular flexibility index (Phi) is 9.91. The molecule has 0 heterocycles. The summed E-state index contributed by atoms with van der Waals surface area (Å²) >= 11 is 0. The van der Waals surface area contributed by atoms with E-state index >= 15 is 0 Å². The number of unbranched alkanes of at least 4 members (excludes halogenated alkanes) is 1. The van der Waals surface area contributed by atoms with Gasteiger partial charge in [-0.25, -0.2) is 13.1 Å². The van der Waals surface area contributed by atoms with Crippen molar-refractivity contribution in [3.05, 3.63) is 0 Å². The zero-order chi connectivity index (χ0) is 12.3. The first-order chi connectivity index (χ1) is 7.62. The summed E-state index contributed by atoms with van der Waals surface area (Å²) < 4.78 is 30.3. The fourth-order valence-corrected chi connectivity index (χ4v) is 2.19. The van der Waals surface area contributed by atoms with E-state index in [4.69, 9.17) is 4.74 Å². The molecule has 0 aromatic rings. The third-order valence-corrected chi connectivity index (χ3v) is 3.46. The van der Waals surface area contributed by atoms with Gasteiger partial charge in [0, 0.05) is 26.8 Å². The van der Waals surface area contributed by atoms with Crippen LogP contribution in [0.1, 0.15) is 26.2 Å². The highest BCUT2D eigenvalue weighted by atomic mass is 32.2. The van der Waals surface area contributed by atoms with Crippen molar-refractivity contribution in [2.24, 2.45) is 0 Å². The second-order valence-corrected chi connectivity index (χ2v) is 5.59. The van der Waals surface area contributed by atoms with Crippen molar-refractivity contribution in [1.82, 2.24) is 10.0 Å². The SMILES string of the molecule is CCCNCCS(=O)(=O)NCCCCOC. The molecule has 0 saturated heterocycles. The summed E-state index contributed by atoms with van der Waals surface area (Å²) in [6.45, 7) is 4.61. The summed E-state index contributed by atoms with van der Waals surface area (Å²) in [5.41, 5.74) is 0. The monoisotopic (exact) mass is 252 g/mol. The minimum atomic E-state index is -3.10. The molecule has 0 saturated carbocycles. The van der Waals surface area contributed by atoms with Crippen LogP contribution < -0.4 is 10.0 Å². The van der Waals surface area contributed by atoms with Crippen LogP contribution in [-0.4, -0.2) is 47.5 Å². The Labute approximate surface area is 99.0 Å². The van der Waals surface area contributed by atoms with E-state index in [1.54, 1.807) is 7.11 Å². The van der Waals surface area contributed by atoms with E-state index in [-0.39, 0.29) is 5.75 Å². The maximum absolute atomic E-state index is 11.4. The Balaban J connectivity index is 3.47. The zero-order valence-electron chi connectivity index (χ0n) is 10.3. The lowest BCUT2D eigenvalue weighted by Crippen LogP contribution is -2.32. The fraction of sp³-hybridized carbons (Fsp3) is 1.00. The van der Waals surface area contributed by atoms with Crippen LogP contribution in [0.4, 0.5) is 0 Å². The Morgan fingerprint density at radius 1 is 1.12 bits per heavy atom. The van der Waals surface area contributed by atoms with E-state index in [1.165, 1.54) is 0 Å². The van der Waals surface area contributed by atoms with Gasteiger partial charge in [-0.1, -0.05) is 6.92 Å². The Morgan fingerprint density at radius 2 is 1.88 bits per heavy atom. The first kappa shape index (κ1) is 15.8. The molecule has 0 spiro atoms. The molecule has 0 aliphatic carbocycles. The predicted octanol–water partition coefficient (Wildman–Crippen LogP) is 0.332. The van der Waals surface area contributed by atoms with Gasteiger partial charge in [-0.15, -0.1) is 0 Å². The van der Waals surface area contributed by atoms with Crippen molar-refractivity contribution in [2.45, 2.75) is 26.2 Å². The molecular weight excluding hydrogens is 228 g/mol. The minimum Gasteiger partial charge on any atom is -0.385 e. The molecule has 0 unspecified atom stereocenters. The Bertz CT molecular complexity index is 242. The molecule has 0 radical (unpaired) electrons. The van der Waals surface area contributed by atoms with Gasteiger partial charge in [0.05, 0.1) is 5.75 Å². The molecule has 98 valence electrons. The summed E-state index contributed by atoms with van der Waals surface area (Å²) in [4.78, 5) is 0. The van der Waals surface area contributed by atoms with E-state index < -0.39 is 10.0 Å². The van der Waals surface area contributed by atoms with Crippen LogP contribution in [0.25, 0.3) is 0 Å². The van der Waals surface area contributed by atoms with E-state index in [1.807, 2.05) is 0 Å². The average molecular weight is 252 g/mol. The summed E-state index contributed by atoms with van der Waals surface area (Å²) in [7, 11) is -1.46. The standard InChI is InChI=1S/C10H24N2O3S/c1-3-6-11-8-10-16(13,14)12-7-4-5-9-15-2/h11-12H,3-10H2,1-2H3. The number of hydrogen-bond acceptors (Lipinski definition) is 4. The largest absolute Gasteiger partial charge is 0.385 e. The highest BCUT2D eigenvalue weighted by Crippen LogP contribution is 1.90. The van der Waals surface area contributed by atoms with Gasteiger partial charge >= 0.3 is 0 Å². The van der Waals surface area contributed by atoms with Gasteiger partial charge in [0.2, 0.25) is 10.0 Å². The van der Waals surface area contributed by atoms with Crippen LogP contribution in [0.2, 0.25) is 0 Å². The molecular formula is C10H24N2O3S. The maximum atomic E-state index is 11.4. The number of ether oxygens (including phenoxy) is 1. The van der Waals surface area contributed by atoms with Gasteiger partial charge in [0.25, 0.3) is 0 Å². The number of sulfonamides is 1. The first-order valence-electron chi connectivity index (χ1n) is 5.79. The molecule has 6 heteroatoms. The summed E-state index contributed by atoms with van der Waals surface area (Å²) in [6.07, 6.45) is 2.72. The lowest BCUT2D eigenvalue weighted by molar-refractivity contribution is 0.193. The van der Waals surface area contributed by atoms with Gasteiger partial charge in [-0.2, -0.15) is 0 Å². The Hall–Kier alpha value is -0.170. The molecule has 2 N–H and O–H groups in total. The molecule has 0 aromatic carbocycles. The maximum Gasteiger partial charge on any atom is 0.212 e. The number of methoxy groups -OCH3 is 1. The molecule has 0 amide bonds. The van der Waals surface area contributed by atoms with Crippen molar-refractivity contribution in [3.8, 4) is 0 Å². The van der Waals surface area contributed by atoms with Crippen LogP contribution in [-0.2, 0) is 14.8 Å². The van der Waals surface area contributed by atoms with Gasteiger partial charge < -0.3 is 10.1 Å². The van der Waals surface area contributed by atoms with Crippen molar-refractivity contribution in [3.63, 3.8) is 0 Å². The smallest absolute Gasteiger partial charge is 0.212 e. The van der Waals surface area contributed by atoms with Crippen LogP contribution >= 0.6 is 0 Å². The van der Waals surface area contributed by atoms with Gasteiger partial charge in [-0.05, 0) is 25.8 Å². The van der Waals surface area contributed by atoms with Crippen LogP contribution in [0.5, 0.6) is 0 Å². The Morgan fingerprint density at radius 3 is 2.50 bits per heavy atom. The third-order valence-electron chi connectivity index (χ3n) is 2.07. The second kappa shape index (κ2) is 10.0. The molecule has 0 aromatic heterocycles. The lowest BCUT2D eigenvalue weighted by atomic mass is 10.3. The number of hydrogen-bond donors (Lipinski definition) is 2. The van der Waals surface area contributed by atoms with Crippen LogP contribution in [0.15, 0.2) is 0 Å². The fourth-order valence-electron chi connectivity index (χ4n) is 1.18. The molecule has 0 bridgehead atoms. The van der Waals surface area contributed by atoms with Gasteiger partial charge in [0.1, 0.15) is 0 Å². The quantitative estimate of drug-likeness (QED) is 0.520. The van der Waals surface area contributed by atoms with Crippen molar-refractivity contribution in [2.75, 3.05) is 39.1 Å². The predicted molar refractivity (Wildman–Crippen MR) is 66.1 cm³/mol. The molecule has 0 fully saturated rings. The highest BCUT2D eigenvalue weighted by Gasteiger charge is 2.07. The summed E-state index contributed by atoms with van der Waals surface area (Å²) in [5.74, 6) is 0.150. The molecule has 0 aliphatic heterocycles. The average Bonchev–Trinajstić information content (AvgIpc) is 2.24. The second-order valence-electron chi connectivity index (χ2n) is 3.66. The van der Waals surface area contributed by atoms with E-state index in [0.29, 0.717) is 19.7 Å². The van der Waals surface area contributed by atoms with E-state index in [0.717, 1.165) is 25.8 Å². The third kappa shape index (κ3) is 10.4. The summed E-state index contributed by atoms with van der Waals surface area (Å²) in [6, 6.07) is 0. The molecule has 16 heavy (non-hydrogen) atoms. The normalized spacial score (nSPS) is 11.9. The minimum absolute atomic E-state index is 0.150. The zero-order valence-corrected chi connectivity index (χ0v) is 11.1. The van der Waals surface area contributed by atoms with Crippen LogP contribution in [0, 0.1) is 0 Å². The molecule has 0 atom stereocenters. The van der Waals surface area contributed by atoms with E-state index in [9.17, 15) is 8.42 Å². The molecule has 0 rings (SSSR count). The molecule has 0 aliphatic rings. The van der Waals surface area contributed by atoms with Gasteiger partial charge in [0.15, 0.2) is 0 Å². The van der Waals surface area contributed by atoms with Crippen LogP contribution in [0.3, 0.4) is 0 Å². The number of nitrogens with one attached hydrogen (secondary N) is 2. The first-order valence-corrected chi connectivity index (χ1v) is 7.44. The van der Waals surface area contributed by atoms with Crippen molar-refractivity contribution >= 4 is 10.0 Å².